The molecule has 0 aliphatic heterocycles. The molecule has 0 bridgehead atoms. The highest BCUT2D eigenvalue weighted by Gasteiger charge is 2.19. The molecule has 0 aliphatic carbocycles. The summed E-state index contributed by atoms with van der Waals surface area (Å²) in [7, 11) is 1.99. The molecule has 0 spiro atoms. The van der Waals surface area contributed by atoms with E-state index in [0.717, 1.165) is 31.7 Å². The fourth-order valence-corrected chi connectivity index (χ4v) is 1.93. The van der Waals surface area contributed by atoms with Crippen LogP contribution in [0.1, 0.15) is 45.2 Å². The Bertz CT molecular complexity index is 366. The van der Waals surface area contributed by atoms with Gasteiger partial charge in [-0.25, -0.2) is 0 Å². The van der Waals surface area contributed by atoms with Crippen molar-refractivity contribution in [2.75, 3.05) is 20.2 Å². The van der Waals surface area contributed by atoms with Gasteiger partial charge in [-0.3, -0.25) is 0 Å². The summed E-state index contributed by atoms with van der Waals surface area (Å²) in [6.45, 7) is 10.7. The summed E-state index contributed by atoms with van der Waals surface area (Å²) in [5.41, 5.74) is 2.81. The highest BCUT2D eigenvalue weighted by Crippen LogP contribution is 2.32. The topological polar surface area (TPSA) is 21.3 Å². The third kappa shape index (κ3) is 4.34. The van der Waals surface area contributed by atoms with E-state index in [-0.39, 0.29) is 5.41 Å². The zero-order valence-corrected chi connectivity index (χ0v) is 12.5. The molecule has 0 fully saturated rings. The summed E-state index contributed by atoms with van der Waals surface area (Å²) in [6, 6.07) is 6.60. The normalized spacial score (nSPS) is 11.6. The van der Waals surface area contributed by atoms with Gasteiger partial charge in [-0.15, -0.1) is 0 Å². The van der Waals surface area contributed by atoms with Crippen LogP contribution in [0.3, 0.4) is 0 Å². The van der Waals surface area contributed by atoms with Crippen LogP contribution in [-0.4, -0.2) is 20.2 Å². The summed E-state index contributed by atoms with van der Waals surface area (Å²) >= 11 is 0. The largest absolute Gasteiger partial charge is 0.493 e. The van der Waals surface area contributed by atoms with Crippen molar-refractivity contribution in [3.05, 3.63) is 29.3 Å². The first-order valence-corrected chi connectivity index (χ1v) is 6.90. The molecule has 0 aromatic heterocycles. The lowest BCUT2D eigenvalue weighted by atomic mass is 9.85. The maximum Gasteiger partial charge on any atom is 0.123 e. The summed E-state index contributed by atoms with van der Waals surface area (Å²) < 4.78 is 5.86. The van der Waals surface area contributed by atoms with E-state index >= 15 is 0 Å². The van der Waals surface area contributed by atoms with Gasteiger partial charge in [0, 0.05) is 0 Å². The molecule has 0 atom stereocenters. The van der Waals surface area contributed by atoms with E-state index in [1.165, 1.54) is 11.1 Å². The molecule has 1 N–H and O–H groups in total. The zero-order chi connectivity index (χ0) is 13.6. The zero-order valence-electron chi connectivity index (χ0n) is 12.5. The van der Waals surface area contributed by atoms with Gasteiger partial charge in [0.05, 0.1) is 6.61 Å². The predicted octanol–water partition coefficient (Wildman–Crippen LogP) is 3.53. The molecule has 0 heterocycles. The van der Waals surface area contributed by atoms with Gasteiger partial charge in [0.1, 0.15) is 5.75 Å². The van der Waals surface area contributed by atoms with Crippen molar-refractivity contribution in [2.45, 2.75) is 46.0 Å². The minimum atomic E-state index is 0.124. The molecule has 102 valence electrons. The number of hydrogen-bond acceptors (Lipinski definition) is 2. The third-order valence-electron chi connectivity index (χ3n) is 2.98. The smallest absolute Gasteiger partial charge is 0.123 e. The predicted molar refractivity (Wildman–Crippen MR) is 78.6 cm³/mol. The first kappa shape index (κ1) is 15.0. The van der Waals surface area contributed by atoms with Crippen LogP contribution in [0.2, 0.25) is 0 Å². The van der Waals surface area contributed by atoms with E-state index in [2.05, 4.69) is 51.2 Å². The lowest BCUT2D eigenvalue weighted by Gasteiger charge is -2.23. The Labute approximate surface area is 112 Å². The standard InChI is InChI=1S/C16H27NO/c1-6-11-18-15-8-7-13(9-10-17-5)12-14(15)16(2,3)4/h7-8,12,17H,6,9-11H2,1-5H3. The van der Waals surface area contributed by atoms with Gasteiger partial charge < -0.3 is 10.1 Å². The maximum absolute atomic E-state index is 5.86. The van der Waals surface area contributed by atoms with Crippen molar-refractivity contribution < 1.29 is 4.74 Å². The quantitative estimate of drug-likeness (QED) is 0.832. The molecule has 1 aromatic carbocycles. The van der Waals surface area contributed by atoms with Crippen LogP contribution < -0.4 is 10.1 Å². The molecule has 18 heavy (non-hydrogen) atoms. The van der Waals surface area contributed by atoms with Crippen LogP contribution in [0, 0.1) is 0 Å². The van der Waals surface area contributed by atoms with Crippen molar-refractivity contribution in [1.82, 2.24) is 5.32 Å². The fraction of sp³-hybridized carbons (Fsp3) is 0.625. The van der Waals surface area contributed by atoms with Crippen LogP contribution >= 0.6 is 0 Å². The lowest BCUT2D eigenvalue weighted by molar-refractivity contribution is 0.308. The highest BCUT2D eigenvalue weighted by atomic mass is 16.5. The minimum Gasteiger partial charge on any atom is -0.493 e. The Hall–Kier alpha value is -1.02. The van der Waals surface area contributed by atoms with Gasteiger partial charge in [0.2, 0.25) is 0 Å². The van der Waals surface area contributed by atoms with E-state index < -0.39 is 0 Å². The molecule has 0 saturated carbocycles. The van der Waals surface area contributed by atoms with Crippen LogP contribution in [0.5, 0.6) is 5.75 Å². The van der Waals surface area contributed by atoms with Crippen molar-refractivity contribution in [1.29, 1.82) is 0 Å². The van der Waals surface area contributed by atoms with Gasteiger partial charge in [-0.1, -0.05) is 39.8 Å². The Morgan fingerprint density at radius 2 is 1.94 bits per heavy atom. The van der Waals surface area contributed by atoms with E-state index in [1.54, 1.807) is 0 Å². The van der Waals surface area contributed by atoms with Crippen molar-refractivity contribution in [3.63, 3.8) is 0 Å². The highest BCUT2D eigenvalue weighted by molar-refractivity contribution is 5.41. The third-order valence-corrected chi connectivity index (χ3v) is 2.98. The first-order valence-electron chi connectivity index (χ1n) is 6.90. The summed E-state index contributed by atoms with van der Waals surface area (Å²) in [6.07, 6.45) is 2.11. The van der Waals surface area contributed by atoms with E-state index in [0.29, 0.717) is 0 Å². The first-order chi connectivity index (χ1) is 8.49. The van der Waals surface area contributed by atoms with Gasteiger partial charge in [0.25, 0.3) is 0 Å². The Kier molecular flexibility index (Phi) is 5.67. The number of ether oxygens (including phenoxy) is 1. The fourth-order valence-electron chi connectivity index (χ4n) is 1.93. The number of benzene rings is 1. The molecule has 1 aromatic rings. The molecular formula is C16H27NO. The van der Waals surface area contributed by atoms with Crippen molar-refractivity contribution >= 4 is 0 Å². The van der Waals surface area contributed by atoms with Gasteiger partial charge >= 0.3 is 0 Å². The van der Waals surface area contributed by atoms with Gasteiger partial charge in [-0.05, 0) is 49.0 Å². The average molecular weight is 249 g/mol. The SMILES string of the molecule is CCCOc1ccc(CCNC)cc1C(C)(C)C. The summed E-state index contributed by atoms with van der Waals surface area (Å²) in [5.74, 6) is 1.04. The van der Waals surface area contributed by atoms with Gasteiger partial charge in [0.15, 0.2) is 0 Å². The molecule has 0 radical (unpaired) electrons. The summed E-state index contributed by atoms with van der Waals surface area (Å²) in [4.78, 5) is 0. The second-order valence-corrected chi connectivity index (χ2v) is 5.78. The Balaban J connectivity index is 2.97. The van der Waals surface area contributed by atoms with E-state index in [9.17, 15) is 0 Å². The monoisotopic (exact) mass is 249 g/mol. The molecule has 2 heteroatoms. The molecule has 0 unspecified atom stereocenters. The van der Waals surface area contributed by atoms with Crippen molar-refractivity contribution in [2.24, 2.45) is 0 Å². The summed E-state index contributed by atoms with van der Waals surface area (Å²) in [5, 5.41) is 3.19. The minimum absolute atomic E-state index is 0.124. The van der Waals surface area contributed by atoms with Crippen LogP contribution in [0.15, 0.2) is 18.2 Å². The molecular weight excluding hydrogens is 222 g/mol. The van der Waals surface area contributed by atoms with Crippen LogP contribution in [0.4, 0.5) is 0 Å². The maximum atomic E-state index is 5.86. The average Bonchev–Trinajstić information content (AvgIpc) is 2.33. The van der Waals surface area contributed by atoms with Crippen LogP contribution in [-0.2, 0) is 11.8 Å². The Morgan fingerprint density at radius 3 is 2.50 bits per heavy atom. The second kappa shape index (κ2) is 6.79. The lowest BCUT2D eigenvalue weighted by Crippen LogP contribution is -2.15. The molecule has 0 amide bonds. The van der Waals surface area contributed by atoms with E-state index in [4.69, 9.17) is 4.74 Å². The number of likely N-dealkylation sites (N-methyl/N-ethyl adjacent to an activating group) is 1. The molecule has 0 aliphatic rings. The van der Waals surface area contributed by atoms with Crippen LogP contribution in [0.25, 0.3) is 0 Å². The number of rotatable bonds is 6. The van der Waals surface area contributed by atoms with Crippen molar-refractivity contribution in [3.8, 4) is 5.75 Å². The molecule has 0 saturated heterocycles. The number of hydrogen-bond donors (Lipinski definition) is 1. The second-order valence-electron chi connectivity index (χ2n) is 5.78. The van der Waals surface area contributed by atoms with Gasteiger partial charge in [-0.2, -0.15) is 0 Å². The molecule has 1 rings (SSSR count). The van der Waals surface area contributed by atoms with E-state index in [1.807, 2.05) is 7.05 Å². The number of nitrogens with one attached hydrogen (secondary N) is 1. The molecule has 2 nitrogen and oxygen atoms in total. The Morgan fingerprint density at radius 1 is 1.22 bits per heavy atom.